The lowest BCUT2D eigenvalue weighted by Gasteiger charge is -2.10. The van der Waals surface area contributed by atoms with Crippen LogP contribution >= 0.6 is 11.3 Å². The van der Waals surface area contributed by atoms with Gasteiger partial charge in [0, 0.05) is 21.4 Å². The van der Waals surface area contributed by atoms with Gasteiger partial charge in [-0.1, -0.05) is 48.5 Å². The molecule has 0 aliphatic carbocycles. The standard InChI is InChI=1S/C27H21N3O2S/c1-17-25(19-8-4-3-5-9-19)29-27(33-17)30-26(31)22-16-24(18-12-14-20(32-2)15-13-18)28-23-11-7-6-10-21(22)23/h3-16H,1-2H3,(H,29,30,31). The summed E-state index contributed by atoms with van der Waals surface area (Å²) in [7, 11) is 1.63. The summed E-state index contributed by atoms with van der Waals surface area (Å²) in [6.45, 7) is 2.01. The van der Waals surface area contributed by atoms with Crippen molar-refractivity contribution in [2.24, 2.45) is 0 Å². The first-order valence-corrected chi connectivity index (χ1v) is 11.3. The fourth-order valence-electron chi connectivity index (χ4n) is 3.75. The lowest BCUT2D eigenvalue weighted by molar-refractivity contribution is 0.102. The summed E-state index contributed by atoms with van der Waals surface area (Å²) in [6.07, 6.45) is 0. The predicted molar refractivity (Wildman–Crippen MR) is 134 cm³/mol. The van der Waals surface area contributed by atoms with Crippen molar-refractivity contribution >= 4 is 33.3 Å². The number of benzene rings is 3. The molecule has 1 N–H and O–H groups in total. The number of anilines is 1. The van der Waals surface area contributed by atoms with Gasteiger partial charge >= 0.3 is 0 Å². The van der Waals surface area contributed by atoms with Crippen LogP contribution in [-0.4, -0.2) is 23.0 Å². The van der Waals surface area contributed by atoms with E-state index in [1.165, 1.54) is 11.3 Å². The first-order chi connectivity index (χ1) is 16.1. The van der Waals surface area contributed by atoms with Gasteiger partial charge in [-0.3, -0.25) is 10.1 Å². The largest absolute Gasteiger partial charge is 0.497 e. The number of carbonyl (C=O) groups excluding carboxylic acids is 1. The number of methoxy groups -OCH3 is 1. The molecule has 0 radical (unpaired) electrons. The van der Waals surface area contributed by atoms with E-state index in [4.69, 9.17) is 9.72 Å². The van der Waals surface area contributed by atoms with Crippen molar-refractivity contribution in [1.82, 2.24) is 9.97 Å². The Bertz CT molecular complexity index is 1440. The number of hydrogen-bond acceptors (Lipinski definition) is 5. The molecule has 0 saturated carbocycles. The van der Waals surface area contributed by atoms with Crippen LogP contribution in [0.3, 0.4) is 0 Å². The van der Waals surface area contributed by atoms with Gasteiger partial charge in [0.2, 0.25) is 0 Å². The average Bonchev–Trinajstić information content (AvgIpc) is 3.23. The summed E-state index contributed by atoms with van der Waals surface area (Å²) < 4.78 is 5.26. The number of fused-ring (bicyclic) bond motifs is 1. The number of nitrogens with zero attached hydrogens (tertiary/aromatic N) is 2. The second-order valence-electron chi connectivity index (χ2n) is 7.54. The first-order valence-electron chi connectivity index (χ1n) is 10.5. The summed E-state index contributed by atoms with van der Waals surface area (Å²) in [5.74, 6) is 0.558. The van der Waals surface area contributed by atoms with Gasteiger partial charge in [0.25, 0.3) is 5.91 Å². The minimum Gasteiger partial charge on any atom is -0.497 e. The third-order valence-electron chi connectivity index (χ3n) is 5.41. The van der Waals surface area contributed by atoms with Crippen LogP contribution in [0.5, 0.6) is 5.75 Å². The van der Waals surface area contributed by atoms with E-state index < -0.39 is 0 Å². The summed E-state index contributed by atoms with van der Waals surface area (Å²) in [5.41, 5.74) is 4.86. The molecular formula is C27H21N3O2S. The van der Waals surface area contributed by atoms with Crippen molar-refractivity contribution in [3.05, 3.63) is 95.4 Å². The van der Waals surface area contributed by atoms with Crippen LogP contribution < -0.4 is 10.1 Å². The van der Waals surface area contributed by atoms with Crippen molar-refractivity contribution in [2.45, 2.75) is 6.92 Å². The molecule has 2 heterocycles. The number of para-hydroxylation sites is 1. The third-order valence-corrected chi connectivity index (χ3v) is 6.30. The van der Waals surface area contributed by atoms with Gasteiger partial charge in [0.05, 0.1) is 29.6 Å². The molecule has 3 aromatic carbocycles. The van der Waals surface area contributed by atoms with E-state index in [-0.39, 0.29) is 5.91 Å². The van der Waals surface area contributed by atoms with E-state index in [2.05, 4.69) is 10.3 Å². The average molecular weight is 452 g/mol. The van der Waals surface area contributed by atoms with Crippen molar-refractivity contribution in [1.29, 1.82) is 0 Å². The van der Waals surface area contributed by atoms with Crippen molar-refractivity contribution in [3.63, 3.8) is 0 Å². The minimum absolute atomic E-state index is 0.211. The predicted octanol–water partition coefficient (Wildman–Crippen LogP) is 6.59. The van der Waals surface area contributed by atoms with E-state index in [0.29, 0.717) is 10.7 Å². The van der Waals surface area contributed by atoms with Crippen molar-refractivity contribution in [3.8, 4) is 28.3 Å². The Balaban J connectivity index is 1.52. The number of hydrogen-bond donors (Lipinski definition) is 1. The maximum atomic E-state index is 13.4. The van der Waals surface area contributed by atoms with E-state index in [1.54, 1.807) is 7.11 Å². The van der Waals surface area contributed by atoms with Crippen LogP contribution in [-0.2, 0) is 0 Å². The van der Waals surface area contributed by atoms with Crippen LogP contribution in [0.25, 0.3) is 33.4 Å². The number of carbonyl (C=O) groups is 1. The Labute approximate surface area is 195 Å². The molecule has 0 saturated heterocycles. The smallest absolute Gasteiger partial charge is 0.258 e. The van der Waals surface area contributed by atoms with Gasteiger partial charge in [-0.2, -0.15) is 0 Å². The molecular weight excluding hydrogens is 430 g/mol. The molecule has 0 aliphatic rings. The number of ether oxygens (including phenoxy) is 1. The Kier molecular flexibility index (Phi) is 5.59. The Morgan fingerprint density at radius 3 is 2.36 bits per heavy atom. The molecule has 0 spiro atoms. The lowest BCUT2D eigenvalue weighted by atomic mass is 10.0. The molecule has 5 rings (SSSR count). The molecule has 0 fully saturated rings. The van der Waals surface area contributed by atoms with Crippen LogP contribution in [0, 0.1) is 6.92 Å². The van der Waals surface area contributed by atoms with Crippen LogP contribution in [0.15, 0.2) is 84.9 Å². The zero-order valence-electron chi connectivity index (χ0n) is 18.2. The maximum Gasteiger partial charge on any atom is 0.258 e. The molecule has 5 nitrogen and oxygen atoms in total. The van der Waals surface area contributed by atoms with Gasteiger partial charge in [-0.15, -0.1) is 11.3 Å². The normalized spacial score (nSPS) is 10.8. The highest BCUT2D eigenvalue weighted by molar-refractivity contribution is 7.16. The summed E-state index contributed by atoms with van der Waals surface area (Å²) in [5, 5.41) is 4.37. The number of thiazole rings is 1. The van der Waals surface area contributed by atoms with Crippen LogP contribution in [0.2, 0.25) is 0 Å². The van der Waals surface area contributed by atoms with Crippen LogP contribution in [0.4, 0.5) is 5.13 Å². The van der Waals surface area contributed by atoms with E-state index in [1.807, 2.05) is 91.9 Å². The number of rotatable bonds is 5. The maximum absolute atomic E-state index is 13.4. The summed E-state index contributed by atoms with van der Waals surface area (Å²) in [4.78, 5) is 23.9. The molecule has 0 atom stereocenters. The number of nitrogens with one attached hydrogen (secondary N) is 1. The molecule has 5 aromatic rings. The fourth-order valence-corrected chi connectivity index (χ4v) is 4.58. The number of aryl methyl sites for hydroxylation is 1. The molecule has 0 aliphatic heterocycles. The van der Waals surface area contributed by atoms with E-state index >= 15 is 0 Å². The van der Waals surface area contributed by atoms with E-state index in [0.717, 1.165) is 44.0 Å². The van der Waals surface area contributed by atoms with Crippen molar-refractivity contribution in [2.75, 3.05) is 12.4 Å². The quantitative estimate of drug-likeness (QED) is 0.327. The molecule has 162 valence electrons. The highest BCUT2D eigenvalue weighted by Gasteiger charge is 2.17. The molecule has 33 heavy (non-hydrogen) atoms. The lowest BCUT2D eigenvalue weighted by Crippen LogP contribution is -2.13. The van der Waals surface area contributed by atoms with E-state index in [9.17, 15) is 4.79 Å². The zero-order chi connectivity index (χ0) is 22.8. The molecule has 1 amide bonds. The zero-order valence-corrected chi connectivity index (χ0v) is 19.0. The van der Waals surface area contributed by atoms with Gasteiger partial charge in [0.1, 0.15) is 5.75 Å². The van der Waals surface area contributed by atoms with Gasteiger partial charge in [0.15, 0.2) is 5.13 Å². The Morgan fingerprint density at radius 1 is 0.879 bits per heavy atom. The SMILES string of the molecule is COc1ccc(-c2cc(C(=O)Nc3nc(-c4ccccc4)c(C)s3)c3ccccc3n2)cc1. The third kappa shape index (κ3) is 4.21. The van der Waals surface area contributed by atoms with Gasteiger partial charge in [-0.25, -0.2) is 9.97 Å². The number of pyridine rings is 1. The van der Waals surface area contributed by atoms with Gasteiger partial charge in [-0.05, 0) is 43.3 Å². The second-order valence-corrected chi connectivity index (χ2v) is 8.75. The summed E-state index contributed by atoms with van der Waals surface area (Å²) >= 11 is 1.47. The second kappa shape index (κ2) is 8.84. The topological polar surface area (TPSA) is 64.1 Å². The fraction of sp³-hybridized carbons (Fsp3) is 0.0741. The molecule has 0 unspecified atom stereocenters. The molecule has 2 aromatic heterocycles. The first kappa shape index (κ1) is 20.8. The van der Waals surface area contributed by atoms with Crippen molar-refractivity contribution < 1.29 is 9.53 Å². The number of aromatic nitrogens is 2. The molecule has 6 heteroatoms. The molecule has 0 bridgehead atoms. The highest BCUT2D eigenvalue weighted by Crippen LogP contribution is 2.31. The van der Waals surface area contributed by atoms with Crippen LogP contribution in [0.1, 0.15) is 15.2 Å². The Hall–Kier alpha value is -4.03. The Morgan fingerprint density at radius 2 is 1.61 bits per heavy atom. The van der Waals surface area contributed by atoms with Gasteiger partial charge < -0.3 is 4.74 Å². The minimum atomic E-state index is -0.211. The highest BCUT2D eigenvalue weighted by atomic mass is 32.1. The number of amides is 1. The summed E-state index contributed by atoms with van der Waals surface area (Å²) in [6, 6.07) is 27.1. The monoisotopic (exact) mass is 451 g/mol.